The fourth-order valence-corrected chi connectivity index (χ4v) is 4.47. The van der Waals surface area contributed by atoms with E-state index in [4.69, 9.17) is 9.47 Å². The van der Waals surface area contributed by atoms with E-state index in [0.29, 0.717) is 17.5 Å². The molecule has 2 heterocycles. The van der Waals surface area contributed by atoms with Crippen LogP contribution in [0.5, 0.6) is 5.75 Å². The third-order valence-corrected chi connectivity index (χ3v) is 5.78. The van der Waals surface area contributed by atoms with Crippen LogP contribution in [0, 0.1) is 5.92 Å². The molecule has 0 N–H and O–H groups in total. The highest BCUT2D eigenvalue weighted by molar-refractivity contribution is 5.96. The first-order valence-electron chi connectivity index (χ1n) is 9.61. The molecule has 1 amide bonds. The standard InChI is InChI=1S/C21H25NO4/c23-20(22-11-5-8-15-6-1-3-9-18(15)22)14-26-21(24)17-12-16-7-2-4-10-19(16)25-13-17/h2,4,7,10,12,15,18H,1,3,5-6,8-9,11,13-14H2/t15-,18-/m0/s1. The van der Waals surface area contributed by atoms with E-state index in [-0.39, 0.29) is 19.1 Å². The molecular formula is C21H25NO4. The summed E-state index contributed by atoms with van der Waals surface area (Å²) < 4.78 is 10.9. The molecular weight excluding hydrogens is 330 g/mol. The number of likely N-dealkylation sites (tertiary alicyclic amines) is 1. The van der Waals surface area contributed by atoms with Gasteiger partial charge in [0.1, 0.15) is 12.4 Å². The number of carbonyl (C=O) groups excluding carboxylic acids is 2. The maximum Gasteiger partial charge on any atom is 0.338 e. The van der Waals surface area contributed by atoms with Gasteiger partial charge in [0.05, 0.1) is 5.57 Å². The zero-order valence-corrected chi connectivity index (χ0v) is 15.0. The Bertz CT molecular complexity index is 724. The lowest BCUT2D eigenvalue weighted by Gasteiger charge is -2.44. The second kappa shape index (κ2) is 7.52. The van der Waals surface area contributed by atoms with Crippen molar-refractivity contribution in [1.82, 2.24) is 4.90 Å². The average Bonchev–Trinajstić information content (AvgIpc) is 2.71. The number of hydrogen-bond acceptors (Lipinski definition) is 4. The molecule has 2 fully saturated rings. The van der Waals surface area contributed by atoms with Crippen LogP contribution in [-0.4, -0.2) is 42.6 Å². The second-order valence-corrected chi connectivity index (χ2v) is 7.41. The van der Waals surface area contributed by atoms with Gasteiger partial charge in [-0.15, -0.1) is 0 Å². The summed E-state index contributed by atoms with van der Waals surface area (Å²) in [5, 5.41) is 0. The van der Waals surface area contributed by atoms with E-state index < -0.39 is 5.97 Å². The molecule has 2 atom stereocenters. The Morgan fingerprint density at radius 1 is 1.12 bits per heavy atom. The van der Waals surface area contributed by atoms with Gasteiger partial charge in [-0.1, -0.05) is 31.0 Å². The summed E-state index contributed by atoms with van der Waals surface area (Å²) >= 11 is 0. The van der Waals surface area contributed by atoms with Gasteiger partial charge in [-0.25, -0.2) is 4.79 Å². The van der Waals surface area contributed by atoms with Gasteiger partial charge in [-0.3, -0.25) is 4.79 Å². The summed E-state index contributed by atoms with van der Waals surface area (Å²) in [6.07, 6.45) is 8.82. The summed E-state index contributed by atoms with van der Waals surface area (Å²) in [6.45, 7) is 0.788. The molecule has 5 heteroatoms. The third kappa shape index (κ3) is 3.48. The SMILES string of the molecule is O=C(OCC(=O)N1CCC[C@@H]2CCCC[C@@H]21)C1=Cc2ccccc2OC1. The van der Waals surface area contributed by atoms with Crippen LogP contribution in [-0.2, 0) is 14.3 Å². The highest BCUT2D eigenvalue weighted by atomic mass is 16.5. The molecule has 1 aromatic rings. The summed E-state index contributed by atoms with van der Waals surface area (Å²) in [4.78, 5) is 26.9. The minimum Gasteiger partial charge on any atom is -0.488 e. The van der Waals surface area contributed by atoms with E-state index in [1.165, 1.54) is 25.7 Å². The number of carbonyl (C=O) groups is 2. The maximum absolute atomic E-state index is 12.6. The Morgan fingerprint density at radius 2 is 1.92 bits per heavy atom. The minimum atomic E-state index is -0.468. The number of benzene rings is 1. The van der Waals surface area contributed by atoms with Gasteiger partial charge in [0.15, 0.2) is 6.61 Å². The van der Waals surface area contributed by atoms with E-state index in [0.717, 1.165) is 30.7 Å². The molecule has 0 aromatic heterocycles. The summed E-state index contributed by atoms with van der Waals surface area (Å²) in [6, 6.07) is 7.89. The fourth-order valence-electron chi connectivity index (χ4n) is 4.47. The highest BCUT2D eigenvalue weighted by Gasteiger charge is 2.36. The zero-order valence-electron chi connectivity index (χ0n) is 15.0. The Balaban J connectivity index is 1.36. The zero-order chi connectivity index (χ0) is 17.9. The molecule has 0 spiro atoms. The highest BCUT2D eigenvalue weighted by Crippen LogP contribution is 2.35. The van der Waals surface area contributed by atoms with Crippen LogP contribution in [0.15, 0.2) is 29.8 Å². The molecule has 3 aliphatic rings. The smallest absolute Gasteiger partial charge is 0.338 e. The Labute approximate surface area is 154 Å². The van der Waals surface area contributed by atoms with Crippen molar-refractivity contribution in [3.8, 4) is 5.75 Å². The Morgan fingerprint density at radius 3 is 2.85 bits per heavy atom. The predicted molar refractivity (Wildman–Crippen MR) is 97.6 cm³/mol. The lowest BCUT2D eigenvalue weighted by Crippen LogP contribution is -2.50. The first-order chi connectivity index (χ1) is 12.7. The van der Waals surface area contributed by atoms with Crippen LogP contribution in [0.4, 0.5) is 0 Å². The molecule has 2 aliphatic heterocycles. The molecule has 26 heavy (non-hydrogen) atoms. The largest absolute Gasteiger partial charge is 0.488 e. The normalized spacial score (nSPS) is 24.6. The molecule has 1 aliphatic carbocycles. The monoisotopic (exact) mass is 355 g/mol. The van der Waals surface area contributed by atoms with Gasteiger partial charge < -0.3 is 14.4 Å². The van der Waals surface area contributed by atoms with Crippen molar-refractivity contribution >= 4 is 18.0 Å². The number of piperidine rings is 1. The minimum absolute atomic E-state index is 0.0623. The Kier molecular flexibility index (Phi) is 4.96. The van der Waals surface area contributed by atoms with Crippen LogP contribution in [0.25, 0.3) is 6.08 Å². The number of nitrogens with zero attached hydrogens (tertiary/aromatic N) is 1. The molecule has 4 rings (SSSR count). The molecule has 0 radical (unpaired) electrons. The van der Waals surface area contributed by atoms with Crippen LogP contribution in [0.3, 0.4) is 0 Å². The number of esters is 1. The lowest BCUT2D eigenvalue weighted by molar-refractivity contribution is -0.152. The molecule has 1 aromatic carbocycles. The van der Waals surface area contributed by atoms with Crippen LogP contribution in [0.1, 0.15) is 44.1 Å². The number of amides is 1. The first-order valence-corrected chi connectivity index (χ1v) is 9.61. The van der Waals surface area contributed by atoms with E-state index in [1.807, 2.05) is 29.2 Å². The number of para-hydroxylation sites is 1. The van der Waals surface area contributed by atoms with Crippen molar-refractivity contribution in [3.05, 3.63) is 35.4 Å². The molecule has 0 bridgehead atoms. The van der Waals surface area contributed by atoms with Gasteiger partial charge in [0.25, 0.3) is 5.91 Å². The number of hydrogen-bond donors (Lipinski definition) is 0. The maximum atomic E-state index is 12.6. The van der Waals surface area contributed by atoms with Crippen molar-refractivity contribution < 1.29 is 19.1 Å². The Hall–Kier alpha value is -2.30. The van der Waals surface area contributed by atoms with Crippen molar-refractivity contribution in [2.24, 2.45) is 5.92 Å². The van der Waals surface area contributed by atoms with Gasteiger partial charge in [0, 0.05) is 18.2 Å². The van der Waals surface area contributed by atoms with Gasteiger partial charge in [-0.2, -0.15) is 0 Å². The van der Waals surface area contributed by atoms with Gasteiger partial charge >= 0.3 is 5.97 Å². The molecule has 0 unspecified atom stereocenters. The molecule has 1 saturated heterocycles. The lowest BCUT2D eigenvalue weighted by atomic mass is 9.78. The quantitative estimate of drug-likeness (QED) is 0.782. The first kappa shape index (κ1) is 17.1. The summed E-state index contributed by atoms with van der Waals surface area (Å²) in [7, 11) is 0. The number of ether oxygens (including phenoxy) is 2. The topological polar surface area (TPSA) is 55.8 Å². The van der Waals surface area contributed by atoms with Crippen molar-refractivity contribution in [3.63, 3.8) is 0 Å². The average molecular weight is 355 g/mol. The van der Waals surface area contributed by atoms with Gasteiger partial charge in [0.2, 0.25) is 0 Å². The molecule has 1 saturated carbocycles. The number of rotatable bonds is 3. The van der Waals surface area contributed by atoms with Crippen molar-refractivity contribution in [1.29, 1.82) is 0 Å². The van der Waals surface area contributed by atoms with Crippen molar-refractivity contribution in [2.75, 3.05) is 19.8 Å². The number of fused-ring (bicyclic) bond motifs is 2. The van der Waals surface area contributed by atoms with E-state index in [1.54, 1.807) is 6.08 Å². The van der Waals surface area contributed by atoms with Crippen molar-refractivity contribution in [2.45, 2.75) is 44.6 Å². The van der Waals surface area contributed by atoms with E-state index in [9.17, 15) is 9.59 Å². The fraction of sp³-hybridized carbons (Fsp3) is 0.524. The predicted octanol–water partition coefficient (Wildman–Crippen LogP) is 3.19. The second-order valence-electron chi connectivity index (χ2n) is 7.41. The van der Waals surface area contributed by atoms with E-state index in [2.05, 4.69) is 0 Å². The summed E-state index contributed by atoms with van der Waals surface area (Å²) in [5.41, 5.74) is 1.31. The molecule has 138 valence electrons. The third-order valence-electron chi connectivity index (χ3n) is 5.78. The summed E-state index contributed by atoms with van der Waals surface area (Å²) in [5.74, 6) is 0.859. The van der Waals surface area contributed by atoms with Crippen LogP contribution >= 0.6 is 0 Å². The van der Waals surface area contributed by atoms with E-state index >= 15 is 0 Å². The van der Waals surface area contributed by atoms with Gasteiger partial charge in [-0.05, 0) is 43.7 Å². The molecule has 5 nitrogen and oxygen atoms in total. The van der Waals surface area contributed by atoms with Crippen LogP contribution in [0.2, 0.25) is 0 Å². The van der Waals surface area contributed by atoms with Crippen LogP contribution < -0.4 is 4.74 Å².